The van der Waals surface area contributed by atoms with Gasteiger partial charge < -0.3 is 9.84 Å². The first-order valence-corrected chi connectivity index (χ1v) is 5.83. The SMILES string of the molecule is O=C(O)CC(c1ccc(OC(F)F)cc1)C1CC1. The van der Waals surface area contributed by atoms with Gasteiger partial charge in [-0.1, -0.05) is 12.1 Å². The van der Waals surface area contributed by atoms with E-state index in [0.29, 0.717) is 5.92 Å². The van der Waals surface area contributed by atoms with Gasteiger partial charge in [0.2, 0.25) is 0 Å². The van der Waals surface area contributed by atoms with E-state index < -0.39 is 12.6 Å². The van der Waals surface area contributed by atoms with E-state index in [2.05, 4.69) is 4.74 Å². The van der Waals surface area contributed by atoms with Gasteiger partial charge in [0, 0.05) is 0 Å². The molecule has 0 aliphatic heterocycles. The minimum atomic E-state index is -2.84. The Bertz CT molecular complexity index is 413. The summed E-state index contributed by atoms with van der Waals surface area (Å²) in [5.74, 6) is -0.357. The van der Waals surface area contributed by atoms with Crippen LogP contribution in [0.3, 0.4) is 0 Å². The van der Waals surface area contributed by atoms with Crippen molar-refractivity contribution in [3.63, 3.8) is 0 Å². The van der Waals surface area contributed by atoms with E-state index >= 15 is 0 Å². The average Bonchev–Trinajstić information content (AvgIpc) is 3.10. The van der Waals surface area contributed by atoms with Crippen molar-refractivity contribution >= 4 is 5.97 Å². The zero-order chi connectivity index (χ0) is 13.1. The molecule has 5 heteroatoms. The molecular weight excluding hydrogens is 242 g/mol. The molecule has 1 fully saturated rings. The lowest BCUT2D eigenvalue weighted by Crippen LogP contribution is -2.08. The van der Waals surface area contributed by atoms with Gasteiger partial charge in [0.1, 0.15) is 5.75 Å². The molecule has 98 valence electrons. The molecule has 18 heavy (non-hydrogen) atoms. The summed E-state index contributed by atoms with van der Waals surface area (Å²) in [6.07, 6.45) is 2.15. The molecule has 1 atom stereocenters. The Labute approximate surface area is 103 Å². The van der Waals surface area contributed by atoms with E-state index in [1.54, 1.807) is 12.1 Å². The first-order chi connectivity index (χ1) is 8.56. The molecule has 0 radical (unpaired) electrons. The summed E-state index contributed by atoms with van der Waals surface area (Å²) in [5, 5.41) is 8.87. The molecule has 1 aliphatic carbocycles. The summed E-state index contributed by atoms with van der Waals surface area (Å²) in [6, 6.07) is 6.25. The predicted molar refractivity (Wildman–Crippen MR) is 60.8 cm³/mol. The number of hydrogen-bond acceptors (Lipinski definition) is 2. The minimum absolute atomic E-state index is 0.0249. The average molecular weight is 256 g/mol. The van der Waals surface area contributed by atoms with Gasteiger partial charge in [0.25, 0.3) is 0 Å². The number of carbonyl (C=O) groups is 1. The van der Waals surface area contributed by atoms with Crippen molar-refractivity contribution in [2.75, 3.05) is 0 Å². The van der Waals surface area contributed by atoms with Crippen LogP contribution in [-0.4, -0.2) is 17.7 Å². The lowest BCUT2D eigenvalue weighted by atomic mass is 9.91. The number of carboxylic acids is 1. The van der Waals surface area contributed by atoms with E-state index in [0.717, 1.165) is 18.4 Å². The highest BCUT2D eigenvalue weighted by Crippen LogP contribution is 2.44. The summed E-state index contributed by atoms with van der Waals surface area (Å²) >= 11 is 0. The molecule has 0 amide bonds. The highest BCUT2D eigenvalue weighted by molar-refractivity contribution is 5.68. The van der Waals surface area contributed by atoms with Crippen LogP contribution in [0, 0.1) is 5.92 Å². The monoisotopic (exact) mass is 256 g/mol. The first kappa shape index (κ1) is 12.8. The lowest BCUT2D eigenvalue weighted by Gasteiger charge is -2.15. The van der Waals surface area contributed by atoms with Crippen LogP contribution in [0.25, 0.3) is 0 Å². The molecule has 1 aromatic rings. The van der Waals surface area contributed by atoms with Crippen molar-refractivity contribution in [2.45, 2.75) is 31.8 Å². The number of carboxylic acid groups (broad SMARTS) is 1. The number of rotatable bonds is 6. The maximum Gasteiger partial charge on any atom is 0.387 e. The van der Waals surface area contributed by atoms with Crippen molar-refractivity contribution in [1.29, 1.82) is 0 Å². The topological polar surface area (TPSA) is 46.5 Å². The highest BCUT2D eigenvalue weighted by atomic mass is 19.3. The fourth-order valence-corrected chi connectivity index (χ4v) is 2.14. The Morgan fingerprint density at radius 2 is 1.94 bits per heavy atom. The fourth-order valence-electron chi connectivity index (χ4n) is 2.14. The zero-order valence-corrected chi connectivity index (χ0v) is 9.68. The largest absolute Gasteiger partial charge is 0.481 e. The quantitative estimate of drug-likeness (QED) is 0.849. The first-order valence-electron chi connectivity index (χ1n) is 5.83. The molecule has 1 aliphatic rings. The minimum Gasteiger partial charge on any atom is -0.481 e. The zero-order valence-electron chi connectivity index (χ0n) is 9.68. The third kappa shape index (κ3) is 3.42. The van der Waals surface area contributed by atoms with Crippen LogP contribution in [0.1, 0.15) is 30.7 Å². The number of benzene rings is 1. The van der Waals surface area contributed by atoms with E-state index in [4.69, 9.17) is 5.11 Å². The molecule has 0 spiro atoms. The Hall–Kier alpha value is -1.65. The van der Waals surface area contributed by atoms with Crippen LogP contribution in [0.2, 0.25) is 0 Å². The number of alkyl halides is 2. The summed E-state index contributed by atoms with van der Waals surface area (Å²) < 4.78 is 28.2. The Kier molecular flexibility index (Phi) is 3.79. The van der Waals surface area contributed by atoms with Crippen molar-refractivity contribution in [3.8, 4) is 5.75 Å². The number of ether oxygens (including phenoxy) is 1. The number of halogens is 2. The Balaban J connectivity index is 2.08. The van der Waals surface area contributed by atoms with E-state index in [-0.39, 0.29) is 18.1 Å². The van der Waals surface area contributed by atoms with Crippen LogP contribution in [0.4, 0.5) is 8.78 Å². The van der Waals surface area contributed by atoms with Gasteiger partial charge in [-0.2, -0.15) is 8.78 Å². The Morgan fingerprint density at radius 1 is 1.33 bits per heavy atom. The van der Waals surface area contributed by atoms with E-state index in [9.17, 15) is 13.6 Å². The van der Waals surface area contributed by atoms with Gasteiger partial charge in [0.05, 0.1) is 6.42 Å². The lowest BCUT2D eigenvalue weighted by molar-refractivity contribution is -0.137. The molecule has 3 nitrogen and oxygen atoms in total. The number of aliphatic carboxylic acids is 1. The fraction of sp³-hybridized carbons (Fsp3) is 0.462. The van der Waals surface area contributed by atoms with Crippen LogP contribution >= 0.6 is 0 Å². The molecule has 0 heterocycles. The van der Waals surface area contributed by atoms with Crippen molar-refractivity contribution < 1.29 is 23.4 Å². The van der Waals surface area contributed by atoms with Gasteiger partial charge in [-0.25, -0.2) is 0 Å². The van der Waals surface area contributed by atoms with Crippen LogP contribution in [0.15, 0.2) is 24.3 Å². The normalized spacial score (nSPS) is 16.6. The molecule has 0 aromatic heterocycles. The van der Waals surface area contributed by atoms with Crippen LogP contribution in [0.5, 0.6) is 5.75 Å². The van der Waals surface area contributed by atoms with Gasteiger partial charge in [-0.15, -0.1) is 0 Å². The molecule has 1 N–H and O–H groups in total. The second-order valence-corrected chi connectivity index (χ2v) is 4.49. The number of hydrogen-bond donors (Lipinski definition) is 1. The van der Waals surface area contributed by atoms with Crippen LogP contribution < -0.4 is 4.74 Å². The third-order valence-electron chi connectivity index (χ3n) is 3.12. The standard InChI is InChI=1S/C13H14F2O3/c14-13(15)18-10-5-3-9(4-6-10)11(7-12(16)17)8-1-2-8/h3-6,8,11,13H,1-2,7H2,(H,16,17). The van der Waals surface area contributed by atoms with E-state index in [1.807, 2.05) is 0 Å². The molecule has 0 bridgehead atoms. The van der Waals surface area contributed by atoms with Gasteiger partial charge in [-0.05, 0) is 42.4 Å². The molecule has 2 rings (SSSR count). The van der Waals surface area contributed by atoms with Crippen molar-refractivity contribution in [2.24, 2.45) is 5.92 Å². The van der Waals surface area contributed by atoms with Crippen LogP contribution in [-0.2, 0) is 4.79 Å². The van der Waals surface area contributed by atoms with Gasteiger partial charge >= 0.3 is 12.6 Å². The summed E-state index contributed by atoms with van der Waals surface area (Å²) in [4.78, 5) is 10.8. The van der Waals surface area contributed by atoms with Crippen molar-refractivity contribution in [3.05, 3.63) is 29.8 Å². The second-order valence-electron chi connectivity index (χ2n) is 4.49. The van der Waals surface area contributed by atoms with Gasteiger partial charge in [-0.3, -0.25) is 4.79 Å². The smallest absolute Gasteiger partial charge is 0.387 e. The highest BCUT2D eigenvalue weighted by Gasteiger charge is 2.33. The predicted octanol–water partition coefficient (Wildman–Crippen LogP) is 3.26. The molecular formula is C13H14F2O3. The molecule has 0 saturated heterocycles. The summed E-state index contributed by atoms with van der Waals surface area (Å²) in [7, 11) is 0. The maximum atomic E-state index is 12.0. The van der Waals surface area contributed by atoms with E-state index in [1.165, 1.54) is 12.1 Å². The molecule has 1 saturated carbocycles. The van der Waals surface area contributed by atoms with Gasteiger partial charge in [0.15, 0.2) is 0 Å². The molecule has 1 aromatic carbocycles. The summed E-state index contributed by atoms with van der Waals surface area (Å²) in [5.41, 5.74) is 0.876. The maximum absolute atomic E-state index is 12.0. The summed E-state index contributed by atoms with van der Waals surface area (Å²) in [6.45, 7) is -2.84. The van der Waals surface area contributed by atoms with Crippen molar-refractivity contribution in [1.82, 2.24) is 0 Å². The third-order valence-corrected chi connectivity index (χ3v) is 3.12. The molecule has 1 unspecified atom stereocenters. The Morgan fingerprint density at radius 3 is 2.39 bits per heavy atom. The second kappa shape index (κ2) is 5.33.